The van der Waals surface area contributed by atoms with Gasteiger partial charge in [-0.05, 0) is 23.8 Å². The lowest BCUT2D eigenvalue weighted by molar-refractivity contribution is 0.0964. The first-order valence-electron chi connectivity index (χ1n) is 5.66. The number of furan rings is 1. The van der Waals surface area contributed by atoms with Crippen molar-refractivity contribution in [3.8, 4) is 0 Å². The zero-order chi connectivity index (χ0) is 13.1. The Hall–Kier alpha value is -1.61. The monoisotopic (exact) mass is 266 g/mol. The average molecular weight is 267 g/mol. The van der Waals surface area contributed by atoms with Gasteiger partial charge in [0.15, 0.2) is 5.76 Å². The smallest absolute Gasteiger partial charge is 0.202 e. The molecular weight excluding hydrogens is 255 g/mol. The highest BCUT2D eigenvalue weighted by Gasteiger charge is 2.14. The summed E-state index contributed by atoms with van der Waals surface area (Å²) in [5.74, 6) is 0.314. The van der Waals surface area contributed by atoms with Crippen LogP contribution in [0, 0.1) is 5.82 Å². The average Bonchev–Trinajstić information content (AvgIpc) is 2.83. The minimum absolute atomic E-state index is 0.00637. The van der Waals surface area contributed by atoms with E-state index in [0.29, 0.717) is 5.56 Å². The fourth-order valence-electron chi connectivity index (χ4n) is 1.66. The van der Waals surface area contributed by atoms with Gasteiger partial charge in [-0.15, -0.1) is 0 Å². The summed E-state index contributed by atoms with van der Waals surface area (Å²) in [6.45, 7) is 1.94. The van der Waals surface area contributed by atoms with Crippen molar-refractivity contribution in [2.75, 3.05) is 0 Å². The van der Waals surface area contributed by atoms with E-state index in [0.717, 1.165) is 12.2 Å². The summed E-state index contributed by atoms with van der Waals surface area (Å²) in [5.41, 5.74) is 0.469. The highest BCUT2D eigenvalue weighted by Crippen LogP contribution is 2.21. The van der Waals surface area contributed by atoms with Crippen LogP contribution >= 0.6 is 11.6 Å². The molecule has 0 bridgehead atoms. The molecule has 0 unspecified atom stereocenters. The maximum Gasteiger partial charge on any atom is 0.202 e. The Bertz CT molecular complexity index is 575. The lowest BCUT2D eigenvalue weighted by atomic mass is 10.1. The number of hydrogen-bond acceptors (Lipinski definition) is 2. The molecule has 0 aliphatic carbocycles. The van der Waals surface area contributed by atoms with E-state index in [-0.39, 0.29) is 23.0 Å². The fraction of sp³-hybridized carbons (Fsp3) is 0.214. The molecule has 0 N–H and O–H groups in total. The first-order valence-corrected chi connectivity index (χ1v) is 6.04. The third kappa shape index (κ3) is 2.62. The first kappa shape index (κ1) is 12.8. The molecule has 0 amide bonds. The zero-order valence-electron chi connectivity index (χ0n) is 9.87. The van der Waals surface area contributed by atoms with Gasteiger partial charge in [0, 0.05) is 12.8 Å². The van der Waals surface area contributed by atoms with Crippen LogP contribution in [0.15, 0.2) is 34.7 Å². The number of carbonyl (C=O) groups is 1. The van der Waals surface area contributed by atoms with Crippen LogP contribution in [-0.4, -0.2) is 5.78 Å². The molecule has 0 saturated heterocycles. The normalized spacial score (nSPS) is 10.6. The minimum Gasteiger partial charge on any atom is -0.458 e. The lowest BCUT2D eigenvalue weighted by Crippen LogP contribution is -2.03. The van der Waals surface area contributed by atoms with Crippen molar-refractivity contribution < 1.29 is 13.6 Å². The second kappa shape index (κ2) is 5.36. The molecule has 0 atom stereocenters. The van der Waals surface area contributed by atoms with E-state index in [2.05, 4.69) is 0 Å². The van der Waals surface area contributed by atoms with Crippen molar-refractivity contribution >= 4 is 17.4 Å². The molecule has 2 rings (SSSR count). The summed E-state index contributed by atoms with van der Waals surface area (Å²) >= 11 is 5.80. The first-order chi connectivity index (χ1) is 8.61. The number of rotatable bonds is 4. The zero-order valence-corrected chi connectivity index (χ0v) is 10.6. The van der Waals surface area contributed by atoms with E-state index < -0.39 is 5.82 Å². The number of hydrogen-bond donors (Lipinski definition) is 0. The molecule has 0 radical (unpaired) electrons. The molecule has 18 heavy (non-hydrogen) atoms. The van der Waals surface area contributed by atoms with Crippen molar-refractivity contribution in [3.63, 3.8) is 0 Å². The van der Waals surface area contributed by atoms with Gasteiger partial charge >= 0.3 is 0 Å². The predicted molar refractivity (Wildman–Crippen MR) is 67.5 cm³/mol. The van der Waals surface area contributed by atoms with Gasteiger partial charge < -0.3 is 4.42 Å². The Morgan fingerprint density at radius 2 is 2.11 bits per heavy atom. The van der Waals surface area contributed by atoms with Crippen LogP contribution in [0.1, 0.15) is 28.8 Å². The van der Waals surface area contributed by atoms with Crippen molar-refractivity contribution in [2.45, 2.75) is 19.8 Å². The second-order valence-corrected chi connectivity index (χ2v) is 4.31. The molecule has 0 spiro atoms. The Labute approximate surface area is 109 Å². The summed E-state index contributed by atoms with van der Waals surface area (Å²) in [5, 5.41) is -0.00637. The van der Waals surface area contributed by atoms with Crippen LogP contribution in [0.5, 0.6) is 0 Å². The Balaban J connectivity index is 2.18. The fourth-order valence-corrected chi connectivity index (χ4v) is 1.86. The van der Waals surface area contributed by atoms with E-state index >= 15 is 0 Å². The SMILES string of the molecule is CCc1ccc(C(=O)Cc2cccc(F)c2Cl)o1. The minimum atomic E-state index is -0.518. The van der Waals surface area contributed by atoms with E-state index in [9.17, 15) is 9.18 Å². The van der Waals surface area contributed by atoms with Crippen LogP contribution in [0.25, 0.3) is 0 Å². The van der Waals surface area contributed by atoms with Crippen molar-refractivity contribution in [1.82, 2.24) is 0 Å². The number of aryl methyl sites for hydroxylation is 1. The van der Waals surface area contributed by atoms with Crippen molar-refractivity contribution in [1.29, 1.82) is 0 Å². The number of Topliss-reactive ketones (excluding diaryl/α,β-unsaturated/α-hetero) is 1. The topological polar surface area (TPSA) is 30.2 Å². The molecule has 0 saturated carbocycles. The lowest BCUT2D eigenvalue weighted by Gasteiger charge is -2.02. The van der Waals surface area contributed by atoms with Gasteiger partial charge in [0.1, 0.15) is 11.6 Å². The van der Waals surface area contributed by atoms with Crippen molar-refractivity contribution in [2.24, 2.45) is 0 Å². The van der Waals surface area contributed by atoms with Gasteiger partial charge in [-0.25, -0.2) is 4.39 Å². The molecule has 2 nitrogen and oxygen atoms in total. The summed E-state index contributed by atoms with van der Waals surface area (Å²) < 4.78 is 18.6. The van der Waals surface area contributed by atoms with Crippen LogP contribution < -0.4 is 0 Å². The number of ketones is 1. The summed E-state index contributed by atoms with van der Waals surface area (Å²) in [7, 11) is 0. The summed E-state index contributed by atoms with van der Waals surface area (Å²) in [6, 6.07) is 7.82. The highest BCUT2D eigenvalue weighted by molar-refractivity contribution is 6.31. The Morgan fingerprint density at radius 1 is 1.33 bits per heavy atom. The van der Waals surface area contributed by atoms with E-state index in [1.54, 1.807) is 18.2 Å². The number of benzene rings is 1. The standard InChI is InChI=1S/C14H12ClFO2/c1-2-10-6-7-13(18-10)12(17)8-9-4-3-5-11(16)14(9)15/h3-7H,2,8H2,1H3. The maximum absolute atomic E-state index is 13.2. The quantitative estimate of drug-likeness (QED) is 0.781. The van der Waals surface area contributed by atoms with Crippen LogP contribution in [-0.2, 0) is 12.8 Å². The molecule has 4 heteroatoms. The second-order valence-electron chi connectivity index (χ2n) is 3.93. The van der Waals surface area contributed by atoms with E-state index in [4.69, 9.17) is 16.0 Å². The van der Waals surface area contributed by atoms with E-state index in [1.165, 1.54) is 12.1 Å². The van der Waals surface area contributed by atoms with Crippen molar-refractivity contribution in [3.05, 3.63) is 58.3 Å². The summed E-state index contributed by atoms with van der Waals surface area (Å²) in [4.78, 5) is 11.9. The van der Waals surface area contributed by atoms with Gasteiger partial charge in [-0.1, -0.05) is 30.7 Å². The third-order valence-electron chi connectivity index (χ3n) is 2.67. The third-order valence-corrected chi connectivity index (χ3v) is 3.09. The van der Waals surface area contributed by atoms with Crippen LogP contribution in [0.2, 0.25) is 5.02 Å². The van der Waals surface area contributed by atoms with Gasteiger partial charge in [0.2, 0.25) is 5.78 Å². The van der Waals surface area contributed by atoms with Gasteiger partial charge in [0.25, 0.3) is 0 Å². The number of carbonyl (C=O) groups excluding carboxylic acids is 1. The van der Waals surface area contributed by atoms with Gasteiger partial charge in [-0.2, -0.15) is 0 Å². The van der Waals surface area contributed by atoms with Crippen LogP contribution in [0.4, 0.5) is 4.39 Å². The molecule has 1 heterocycles. The molecule has 0 fully saturated rings. The molecule has 1 aromatic carbocycles. The molecule has 2 aromatic rings. The predicted octanol–water partition coefficient (Wildman–Crippen LogP) is 4.06. The Kier molecular flexibility index (Phi) is 3.82. The largest absolute Gasteiger partial charge is 0.458 e. The highest BCUT2D eigenvalue weighted by atomic mass is 35.5. The van der Waals surface area contributed by atoms with Gasteiger partial charge in [-0.3, -0.25) is 4.79 Å². The molecule has 0 aliphatic heterocycles. The molecule has 1 aromatic heterocycles. The maximum atomic E-state index is 13.2. The number of halogens is 2. The summed E-state index contributed by atoms with van der Waals surface area (Å²) in [6.07, 6.45) is 0.765. The van der Waals surface area contributed by atoms with Crippen LogP contribution in [0.3, 0.4) is 0 Å². The Morgan fingerprint density at radius 3 is 2.78 bits per heavy atom. The molecule has 0 aliphatic rings. The molecule has 94 valence electrons. The molecular formula is C14H12ClFO2. The van der Waals surface area contributed by atoms with E-state index in [1.807, 2.05) is 6.92 Å². The van der Waals surface area contributed by atoms with Gasteiger partial charge in [0.05, 0.1) is 5.02 Å².